The van der Waals surface area contributed by atoms with E-state index in [2.05, 4.69) is 67.5 Å². The van der Waals surface area contributed by atoms with Crippen molar-refractivity contribution in [3.63, 3.8) is 0 Å². The van der Waals surface area contributed by atoms with Crippen LogP contribution in [0.4, 0.5) is 23.0 Å². The van der Waals surface area contributed by atoms with Gasteiger partial charge in [-0.05, 0) is 63.2 Å². The third-order valence-corrected chi connectivity index (χ3v) is 8.29. The second-order valence-corrected chi connectivity index (χ2v) is 11.4. The summed E-state index contributed by atoms with van der Waals surface area (Å²) in [6, 6.07) is 16.4. The van der Waals surface area contributed by atoms with Crippen LogP contribution in [0.2, 0.25) is 0 Å². The number of ether oxygens (including phenoxy) is 2. The van der Waals surface area contributed by atoms with Gasteiger partial charge in [0, 0.05) is 55.4 Å². The molecule has 11 heteroatoms. The number of amides is 1. The first-order valence-corrected chi connectivity index (χ1v) is 14.5. The lowest BCUT2D eigenvalue weighted by molar-refractivity contribution is -0.111. The van der Waals surface area contributed by atoms with Gasteiger partial charge in [-0.2, -0.15) is 4.98 Å². The third kappa shape index (κ3) is 7.29. The standard InChI is InChI=1S/C30H37N7O3S/c1-5-28(38)32-24-17-25(27(39-4)18-26(24)36-15-12-21(13-16-36)35(2)3)33-30-31-14-11-29(34-30)40-22-19-37(20-22)41-23-9-7-6-8-10-23/h5-11,14,17-18,21-22H,1,12-13,15-16,19-20H2,2-4H3,(H,32,38)(H,31,33,34). The van der Waals surface area contributed by atoms with Crippen LogP contribution >= 0.6 is 11.9 Å². The molecule has 0 saturated carbocycles. The van der Waals surface area contributed by atoms with Crippen molar-refractivity contribution < 1.29 is 14.3 Å². The van der Waals surface area contributed by atoms with Gasteiger partial charge in [-0.3, -0.25) is 4.79 Å². The van der Waals surface area contributed by atoms with Crippen molar-refractivity contribution in [2.45, 2.75) is 29.9 Å². The number of piperidine rings is 1. The largest absolute Gasteiger partial charge is 0.494 e. The van der Waals surface area contributed by atoms with Gasteiger partial charge in [-0.1, -0.05) is 24.8 Å². The highest BCUT2D eigenvalue weighted by atomic mass is 32.2. The molecule has 0 unspecified atom stereocenters. The number of nitrogens with zero attached hydrogens (tertiary/aromatic N) is 5. The number of benzene rings is 2. The van der Waals surface area contributed by atoms with Crippen LogP contribution in [0.15, 0.2) is 72.3 Å². The third-order valence-electron chi connectivity index (χ3n) is 7.25. The predicted octanol–water partition coefficient (Wildman–Crippen LogP) is 4.65. The highest BCUT2D eigenvalue weighted by Crippen LogP contribution is 2.39. The Morgan fingerprint density at radius 2 is 1.88 bits per heavy atom. The minimum atomic E-state index is -0.280. The molecule has 0 atom stereocenters. The van der Waals surface area contributed by atoms with Crippen molar-refractivity contribution in [3.8, 4) is 11.6 Å². The lowest BCUT2D eigenvalue weighted by atomic mass is 10.0. The summed E-state index contributed by atoms with van der Waals surface area (Å²) in [5.41, 5.74) is 2.20. The van der Waals surface area contributed by atoms with Gasteiger partial charge < -0.3 is 29.9 Å². The van der Waals surface area contributed by atoms with E-state index in [0.717, 1.165) is 44.7 Å². The van der Waals surface area contributed by atoms with Crippen LogP contribution < -0.4 is 25.0 Å². The summed E-state index contributed by atoms with van der Waals surface area (Å²) in [5.74, 6) is 1.21. The Kier molecular flexibility index (Phi) is 9.28. The monoisotopic (exact) mass is 575 g/mol. The van der Waals surface area contributed by atoms with Crippen LogP contribution in [-0.4, -0.2) is 84.6 Å². The van der Waals surface area contributed by atoms with Crippen molar-refractivity contribution >= 4 is 40.9 Å². The van der Waals surface area contributed by atoms with Crippen LogP contribution in [0.3, 0.4) is 0 Å². The first-order chi connectivity index (χ1) is 19.9. The van der Waals surface area contributed by atoms with Crippen LogP contribution in [0.25, 0.3) is 0 Å². The number of anilines is 4. The Bertz CT molecular complexity index is 1340. The smallest absolute Gasteiger partial charge is 0.247 e. The Balaban J connectivity index is 1.28. The van der Waals surface area contributed by atoms with Crippen LogP contribution in [0.5, 0.6) is 11.6 Å². The Hall–Kier alpha value is -3.80. The van der Waals surface area contributed by atoms with Crippen LogP contribution in [0, 0.1) is 0 Å². The number of carbonyl (C=O) groups excluding carboxylic acids is 1. The molecule has 2 aromatic carbocycles. The highest BCUT2D eigenvalue weighted by molar-refractivity contribution is 7.97. The first-order valence-electron chi connectivity index (χ1n) is 13.7. The number of aromatic nitrogens is 2. The molecule has 0 radical (unpaired) electrons. The lowest BCUT2D eigenvalue weighted by Crippen LogP contribution is -2.50. The Labute approximate surface area is 245 Å². The molecule has 0 bridgehead atoms. The van der Waals surface area contributed by atoms with Crippen molar-refractivity contribution in [1.29, 1.82) is 0 Å². The van der Waals surface area contributed by atoms with E-state index in [1.807, 2.05) is 30.3 Å². The summed E-state index contributed by atoms with van der Waals surface area (Å²) in [6.07, 6.45) is 5.06. The number of hydrogen-bond donors (Lipinski definition) is 2. The van der Waals surface area contributed by atoms with Gasteiger partial charge in [0.1, 0.15) is 11.9 Å². The molecule has 2 N–H and O–H groups in total. The Morgan fingerprint density at radius 3 is 2.56 bits per heavy atom. The molecule has 2 saturated heterocycles. The van der Waals surface area contributed by atoms with Crippen molar-refractivity contribution in [2.75, 3.05) is 62.9 Å². The number of hydrogen-bond acceptors (Lipinski definition) is 10. The SMILES string of the molecule is C=CC(=O)Nc1cc(Nc2nccc(OC3CN(Sc4ccccc4)C3)n2)c(OC)cc1N1CCC(N(C)C)CC1. The molecule has 10 nitrogen and oxygen atoms in total. The lowest BCUT2D eigenvalue weighted by Gasteiger charge is -2.37. The average molecular weight is 576 g/mol. The van der Waals surface area contributed by atoms with Crippen molar-refractivity contribution in [2.24, 2.45) is 0 Å². The number of nitrogens with one attached hydrogen (secondary N) is 2. The highest BCUT2D eigenvalue weighted by Gasteiger charge is 2.30. The maximum absolute atomic E-state index is 12.3. The van der Waals surface area contributed by atoms with E-state index >= 15 is 0 Å². The summed E-state index contributed by atoms with van der Waals surface area (Å²) in [5, 5.41) is 6.22. The van der Waals surface area contributed by atoms with E-state index in [4.69, 9.17) is 9.47 Å². The molecule has 41 heavy (non-hydrogen) atoms. The molecular weight excluding hydrogens is 538 g/mol. The van der Waals surface area contributed by atoms with Gasteiger partial charge in [0.15, 0.2) is 0 Å². The van der Waals surface area contributed by atoms with E-state index in [-0.39, 0.29) is 12.0 Å². The van der Waals surface area contributed by atoms with Gasteiger partial charge >= 0.3 is 0 Å². The van der Waals surface area contributed by atoms with Crippen LogP contribution in [0.1, 0.15) is 12.8 Å². The second kappa shape index (κ2) is 13.2. The second-order valence-electron chi connectivity index (χ2n) is 10.3. The fourth-order valence-electron chi connectivity index (χ4n) is 4.94. The molecule has 3 aromatic rings. The topological polar surface area (TPSA) is 95.1 Å². The van der Waals surface area contributed by atoms with Gasteiger partial charge in [0.05, 0.1) is 24.2 Å². The predicted molar refractivity (Wildman–Crippen MR) is 164 cm³/mol. The molecule has 5 rings (SSSR count). The van der Waals surface area contributed by atoms with E-state index in [0.29, 0.717) is 35.0 Å². The van der Waals surface area contributed by atoms with Gasteiger partial charge in [0.25, 0.3) is 0 Å². The van der Waals surface area contributed by atoms with Gasteiger partial charge in [-0.25, -0.2) is 9.29 Å². The normalized spacial score (nSPS) is 16.2. The summed E-state index contributed by atoms with van der Waals surface area (Å²) in [6.45, 7) is 6.97. The molecule has 1 amide bonds. The average Bonchev–Trinajstić information content (AvgIpc) is 2.97. The molecule has 2 aliphatic rings. The van der Waals surface area contributed by atoms with Crippen molar-refractivity contribution in [1.82, 2.24) is 19.2 Å². The minimum absolute atomic E-state index is 0.0557. The van der Waals surface area contributed by atoms with Crippen molar-refractivity contribution in [3.05, 3.63) is 67.4 Å². The molecular formula is C30H37N7O3S. The fraction of sp³-hybridized carbons (Fsp3) is 0.367. The zero-order valence-electron chi connectivity index (χ0n) is 23.7. The minimum Gasteiger partial charge on any atom is -0.494 e. The number of methoxy groups -OCH3 is 1. The molecule has 2 fully saturated rings. The van der Waals surface area contributed by atoms with E-state index in [1.165, 1.54) is 11.0 Å². The summed E-state index contributed by atoms with van der Waals surface area (Å²) >= 11 is 1.73. The maximum atomic E-state index is 12.3. The van der Waals surface area contributed by atoms with Gasteiger partial charge in [0.2, 0.25) is 17.7 Å². The summed E-state index contributed by atoms with van der Waals surface area (Å²) < 4.78 is 14.1. The molecule has 216 valence electrons. The maximum Gasteiger partial charge on any atom is 0.247 e. The molecule has 2 aliphatic heterocycles. The van der Waals surface area contributed by atoms with E-state index in [1.54, 1.807) is 31.3 Å². The molecule has 0 aliphatic carbocycles. The van der Waals surface area contributed by atoms with Crippen LogP contribution in [-0.2, 0) is 4.79 Å². The number of carbonyl (C=O) groups is 1. The van der Waals surface area contributed by atoms with Gasteiger partial charge in [-0.15, -0.1) is 0 Å². The first kappa shape index (κ1) is 28.7. The molecule has 1 aromatic heterocycles. The molecule has 0 spiro atoms. The summed E-state index contributed by atoms with van der Waals surface area (Å²) in [4.78, 5) is 27.1. The fourth-order valence-corrected chi connectivity index (χ4v) is 6.00. The molecule has 3 heterocycles. The zero-order chi connectivity index (χ0) is 28.8. The van der Waals surface area contributed by atoms with E-state index < -0.39 is 0 Å². The zero-order valence-corrected chi connectivity index (χ0v) is 24.6. The number of rotatable bonds is 11. The quantitative estimate of drug-likeness (QED) is 0.248. The van der Waals surface area contributed by atoms with E-state index in [9.17, 15) is 4.79 Å². The summed E-state index contributed by atoms with van der Waals surface area (Å²) in [7, 11) is 5.86. The Morgan fingerprint density at radius 1 is 1.12 bits per heavy atom.